The Morgan fingerprint density at radius 3 is 1.87 bits per heavy atom. The summed E-state index contributed by atoms with van der Waals surface area (Å²) < 4.78 is 2.26. The second kappa shape index (κ2) is 15.7. The number of hydrogen-bond acceptors (Lipinski definition) is 3. The lowest BCUT2D eigenvalue weighted by Crippen LogP contribution is -2.11. The van der Waals surface area contributed by atoms with Crippen LogP contribution in [0.25, 0.3) is 83.2 Å². The molecule has 0 saturated heterocycles. The molecular formula is C59H59N3O. The fourth-order valence-electron chi connectivity index (χ4n) is 9.21. The lowest BCUT2D eigenvalue weighted by Gasteiger charge is -2.21. The molecule has 7 aromatic carbocycles. The van der Waals surface area contributed by atoms with Crippen molar-refractivity contribution in [2.75, 3.05) is 0 Å². The van der Waals surface area contributed by atoms with Crippen molar-refractivity contribution in [2.45, 2.75) is 98.8 Å². The molecule has 9 aromatic rings. The van der Waals surface area contributed by atoms with Crippen LogP contribution in [0.5, 0.6) is 5.75 Å². The number of phenols is 1. The van der Waals surface area contributed by atoms with E-state index in [1.165, 1.54) is 32.8 Å². The zero-order valence-electron chi connectivity index (χ0n) is 38.7. The van der Waals surface area contributed by atoms with Crippen LogP contribution in [-0.4, -0.2) is 19.6 Å². The van der Waals surface area contributed by atoms with Gasteiger partial charge in [-0.3, -0.25) is 9.55 Å². The van der Waals surface area contributed by atoms with Crippen molar-refractivity contribution in [3.8, 4) is 56.2 Å². The maximum atomic E-state index is 11.8. The minimum atomic E-state index is -0.139. The highest BCUT2D eigenvalue weighted by atomic mass is 16.3. The molecule has 1 N–H and O–H groups in total. The van der Waals surface area contributed by atoms with Gasteiger partial charge in [0, 0.05) is 28.4 Å². The third-order valence-corrected chi connectivity index (χ3v) is 12.8. The van der Waals surface area contributed by atoms with Crippen molar-refractivity contribution in [3.63, 3.8) is 0 Å². The van der Waals surface area contributed by atoms with Gasteiger partial charge >= 0.3 is 0 Å². The fraction of sp³-hybridized carbons (Fsp3) is 0.254. The standard InChI is InChI=1S/C59H59N3O/c1-35(2)39-30-49(55-51(31-39)46(36(3)4)25-26-60-55)40-27-37(5)28-41(29-40)50-32-42(48-18-14-16-38-15-12-13-17-47(38)48)33-53-56(50)61-57(52-34-44(59(9,10)11)21-24-54(52)63)62(53)45-22-19-43(20-23-45)58(6,7)8/h12-36,63H,1-11H3. The molecule has 2 aromatic heterocycles. The van der Waals surface area contributed by atoms with Gasteiger partial charge in [-0.05, 0) is 151 Å². The highest BCUT2D eigenvalue weighted by molar-refractivity contribution is 6.05. The van der Waals surface area contributed by atoms with E-state index >= 15 is 0 Å². The molecule has 4 nitrogen and oxygen atoms in total. The van der Waals surface area contributed by atoms with E-state index < -0.39 is 0 Å². The Morgan fingerprint density at radius 1 is 0.540 bits per heavy atom. The average molecular weight is 826 g/mol. The summed E-state index contributed by atoms with van der Waals surface area (Å²) in [4.78, 5) is 10.7. The number of hydrogen-bond donors (Lipinski definition) is 1. The monoisotopic (exact) mass is 825 g/mol. The number of nitrogens with zero attached hydrogens (tertiary/aromatic N) is 3. The smallest absolute Gasteiger partial charge is 0.149 e. The molecule has 4 heteroatoms. The summed E-state index contributed by atoms with van der Waals surface area (Å²) in [5.41, 5.74) is 17.2. The number of fused-ring (bicyclic) bond motifs is 3. The van der Waals surface area contributed by atoms with Crippen LogP contribution in [0.1, 0.15) is 109 Å². The third-order valence-electron chi connectivity index (χ3n) is 12.8. The fourth-order valence-corrected chi connectivity index (χ4v) is 9.21. The SMILES string of the molecule is Cc1cc(-c2cc(C(C)C)cc3c(C(C)C)ccnc23)cc(-c2cc(-c3cccc4ccccc34)cc3c2nc(-c2cc(C(C)(C)C)ccc2O)n3-c2ccc(C(C)(C)C)cc2)c1. The molecule has 63 heavy (non-hydrogen) atoms. The Balaban J connectivity index is 1.40. The third kappa shape index (κ3) is 7.71. The van der Waals surface area contributed by atoms with Crippen molar-refractivity contribution in [1.82, 2.24) is 14.5 Å². The van der Waals surface area contributed by atoms with E-state index in [1.54, 1.807) is 0 Å². The van der Waals surface area contributed by atoms with E-state index in [2.05, 4.69) is 202 Å². The van der Waals surface area contributed by atoms with E-state index in [9.17, 15) is 5.11 Å². The largest absolute Gasteiger partial charge is 0.507 e. The summed E-state index contributed by atoms with van der Waals surface area (Å²) in [6.07, 6.45) is 1.97. The van der Waals surface area contributed by atoms with Crippen LogP contribution < -0.4 is 0 Å². The first-order chi connectivity index (χ1) is 30.0. The normalized spacial score (nSPS) is 12.4. The van der Waals surface area contributed by atoms with Crippen LogP contribution in [0.15, 0.2) is 140 Å². The first-order valence-electron chi connectivity index (χ1n) is 22.5. The Kier molecular flexibility index (Phi) is 10.4. The van der Waals surface area contributed by atoms with E-state index in [0.29, 0.717) is 23.2 Å². The quantitative estimate of drug-likeness (QED) is 0.174. The number of aromatic nitrogens is 3. The molecule has 0 bridgehead atoms. The molecule has 0 spiro atoms. The molecule has 0 aliphatic rings. The molecule has 0 fully saturated rings. The van der Waals surface area contributed by atoms with E-state index in [4.69, 9.17) is 9.97 Å². The van der Waals surface area contributed by atoms with Crippen LogP contribution in [0.2, 0.25) is 0 Å². The van der Waals surface area contributed by atoms with Crippen LogP contribution >= 0.6 is 0 Å². The molecule has 2 heterocycles. The molecule has 0 aliphatic carbocycles. The first-order valence-corrected chi connectivity index (χ1v) is 22.5. The average Bonchev–Trinajstić information content (AvgIpc) is 3.63. The predicted molar refractivity (Wildman–Crippen MR) is 268 cm³/mol. The molecule has 0 atom stereocenters. The van der Waals surface area contributed by atoms with Crippen LogP contribution in [0.4, 0.5) is 0 Å². The predicted octanol–water partition coefficient (Wildman–Crippen LogP) is 16.3. The molecule has 0 radical (unpaired) electrons. The molecule has 0 amide bonds. The molecule has 316 valence electrons. The number of aromatic hydroxyl groups is 1. The minimum absolute atomic E-state index is 0.0128. The summed E-state index contributed by atoms with van der Waals surface area (Å²) in [5, 5.41) is 15.4. The maximum absolute atomic E-state index is 11.8. The van der Waals surface area contributed by atoms with Gasteiger partial charge in [0.1, 0.15) is 11.6 Å². The molecule has 0 aliphatic heterocycles. The number of pyridine rings is 1. The Morgan fingerprint density at radius 2 is 1.19 bits per heavy atom. The lowest BCUT2D eigenvalue weighted by molar-refractivity contribution is 0.475. The van der Waals surface area contributed by atoms with E-state index in [-0.39, 0.29) is 16.6 Å². The van der Waals surface area contributed by atoms with Crippen LogP contribution in [0.3, 0.4) is 0 Å². The Bertz CT molecular complexity index is 3200. The maximum Gasteiger partial charge on any atom is 0.149 e. The molecule has 0 unspecified atom stereocenters. The zero-order chi connectivity index (χ0) is 44.5. The van der Waals surface area contributed by atoms with Gasteiger partial charge in [-0.1, -0.05) is 142 Å². The highest BCUT2D eigenvalue weighted by Crippen LogP contribution is 2.44. The Labute approximate surface area is 373 Å². The highest BCUT2D eigenvalue weighted by Gasteiger charge is 2.25. The van der Waals surface area contributed by atoms with Gasteiger partial charge in [0.2, 0.25) is 0 Å². The number of aryl methyl sites for hydroxylation is 1. The summed E-state index contributed by atoms with van der Waals surface area (Å²) >= 11 is 0. The van der Waals surface area contributed by atoms with Gasteiger partial charge in [0.05, 0.1) is 22.1 Å². The molecule has 9 rings (SSSR count). The summed E-state index contributed by atoms with van der Waals surface area (Å²) in [7, 11) is 0. The zero-order valence-corrected chi connectivity index (χ0v) is 38.7. The van der Waals surface area contributed by atoms with Gasteiger partial charge < -0.3 is 5.11 Å². The second-order valence-electron chi connectivity index (χ2n) is 20.2. The van der Waals surface area contributed by atoms with Crippen molar-refractivity contribution < 1.29 is 5.11 Å². The number of imidazole rings is 1. The van der Waals surface area contributed by atoms with Gasteiger partial charge in [-0.2, -0.15) is 0 Å². The Hall–Kier alpha value is -6.52. The number of rotatable bonds is 7. The van der Waals surface area contributed by atoms with Crippen molar-refractivity contribution >= 4 is 32.7 Å². The van der Waals surface area contributed by atoms with Crippen LogP contribution in [0, 0.1) is 6.92 Å². The van der Waals surface area contributed by atoms with E-state index in [1.807, 2.05) is 18.3 Å². The molecule has 0 saturated carbocycles. The number of benzene rings is 7. The topological polar surface area (TPSA) is 50.9 Å². The van der Waals surface area contributed by atoms with Gasteiger partial charge in [0.25, 0.3) is 0 Å². The summed E-state index contributed by atoms with van der Waals surface area (Å²) in [5.74, 6) is 1.61. The van der Waals surface area contributed by atoms with Gasteiger partial charge in [-0.15, -0.1) is 0 Å². The van der Waals surface area contributed by atoms with Gasteiger partial charge in [0.15, 0.2) is 0 Å². The first kappa shape index (κ1) is 41.8. The van der Waals surface area contributed by atoms with Crippen molar-refractivity contribution in [2.24, 2.45) is 0 Å². The van der Waals surface area contributed by atoms with Crippen molar-refractivity contribution in [3.05, 3.63) is 167 Å². The van der Waals surface area contributed by atoms with Crippen molar-refractivity contribution in [1.29, 1.82) is 0 Å². The van der Waals surface area contributed by atoms with Gasteiger partial charge in [-0.25, -0.2) is 4.98 Å². The van der Waals surface area contributed by atoms with E-state index in [0.717, 1.165) is 66.7 Å². The second-order valence-corrected chi connectivity index (χ2v) is 20.2. The molecular weight excluding hydrogens is 767 g/mol. The van der Waals surface area contributed by atoms with Crippen LogP contribution in [-0.2, 0) is 10.8 Å². The summed E-state index contributed by atoms with van der Waals surface area (Å²) in [6.45, 7) is 24.6. The number of phenolic OH excluding ortho intramolecular Hbond substituents is 1. The minimum Gasteiger partial charge on any atom is -0.507 e. The summed E-state index contributed by atoms with van der Waals surface area (Å²) in [6, 6.07) is 48.5. The lowest BCUT2D eigenvalue weighted by atomic mass is 9.86.